The number of pyridine rings is 1. The van der Waals surface area contributed by atoms with Gasteiger partial charge in [-0.3, -0.25) is 9.78 Å². The predicted molar refractivity (Wildman–Crippen MR) is 141 cm³/mol. The van der Waals surface area contributed by atoms with Crippen molar-refractivity contribution >= 4 is 11.6 Å². The lowest BCUT2D eigenvalue weighted by molar-refractivity contribution is -0.137. The van der Waals surface area contributed by atoms with Gasteiger partial charge in [-0.2, -0.15) is 18.4 Å². The molecule has 1 atom stereocenters. The third-order valence-corrected chi connectivity index (χ3v) is 6.98. The molecule has 1 amide bonds. The largest absolute Gasteiger partial charge is 0.419 e. The first-order valence-electron chi connectivity index (χ1n) is 12.8. The van der Waals surface area contributed by atoms with Gasteiger partial charge in [0.2, 0.25) is 11.8 Å². The fourth-order valence-electron chi connectivity index (χ4n) is 4.53. The van der Waals surface area contributed by atoms with Gasteiger partial charge >= 0.3 is 6.18 Å². The van der Waals surface area contributed by atoms with Crippen molar-refractivity contribution in [2.75, 3.05) is 4.90 Å². The highest BCUT2D eigenvalue weighted by molar-refractivity contribution is 5.99. The second-order valence-electron chi connectivity index (χ2n) is 10.6. The molecule has 2 aromatic heterocycles. The first-order valence-corrected chi connectivity index (χ1v) is 12.8. The van der Waals surface area contributed by atoms with Gasteiger partial charge < -0.3 is 15.1 Å². The van der Waals surface area contributed by atoms with Crippen molar-refractivity contribution in [1.82, 2.24) is 15.2 Å². The van der Waals surface area contributed by atoms with Crippen LogP contribution in [0.15, 0.2) is 59.1 Å². The van der Waals surface area contributed by atoms with Gasteiger partial charge in [-0.15, -0.1) is 10.2 Å². The molecule has 0 spiro atoms. The van der Waals surface area contributed by atoms with E-state index in [1.165, 1.54) is 19.9 Å². The zero-order valence-corrected chi connectivity index (χ0v) is 22.6. The van der Waals surface area contributed by atoms with Gasteiger partial charge in [-0.05, 0) is 43.7 Å². The van der Waals surface area contributed by atoms with Crippen molar-refractivity contribution in [2.45, 2.75) is 50.4 Å². The molecule has 43 heavy (non-hydrogen) atoms. The number of benzene rings is 2. The summed E-state index contributed by atoms with van der Waals surface area (Å²) >= 11 is 0. The number of carbonyl (C=O) groups excluding carboxylic acids is 1. The summed E-state index contributed by atoms with van der Waals surface area (Å²) in [6, 6.07) is 10.3. The molecule has 0 saturated heterocycles. The van der Waals surface area contributed by atoms with Crippen LogP contribution in [0.2, 0.25) is 0 Å². The van der Waals surface area contributed by atoms with E-state index in [0.717, 1.165) is 17.0 Å². The average Bonchev–Trinajstić information content (AvgIpc) is 3.44. The maximum Gasteiger partial charge on any atom is 0.417 e. The molecule has 4 aromatic rings. The molecule has 3 heterocycles. The molecule has 8 nitrogen and oxygen atoms in total. The Morgan fingerprint density at radius 2 is 1.81 bits per heavy atom. The molecule has 0 saturated carbocycles. The van der Waals surface area contributed by atoms with E-state index in [4.69, 9.17) is 10.2 Å². The standard InChI is InChI=1S/C29H22F6N6O2/c1-27(2,14-36)26-40-39-24(43-26)18-9-23-19(10-20(18)30)28(31,32)11-21(37)25(42)41(23)13-15-3-5-16(6-4-15)22-8-7-17(12-38-22)29(33,34)35/h3-10,12,21H,11,13,37H2,1-2H3/t21-/m1/s1. The number of fused-ring (bicyclic) bond motifs is 1. The van der Waals surface area contributed by atoms with Crippen LogP contribution in [0.25, 0.3) is 22.7 Å². The van der Waals surface area contributed by atoms with Crippen LogP contribution in [-0.4, -0.2) is 27.1 Å². The number of anilines is 1. The number of rotatable bonds is 5. The van der Waals surface area contributed by atoms with Crippen molar-refractivity contribution < 1.29 is 35.6 Å². The highest BCUT2D eigenvalue weighted by Gasteiger charge is 2.45. The van der Waals surface area contributed by atoms with Crippen molar-refractivity contribution in [2.24, 2.45) is 5.73 Å². The van der Waals surface area contributed by atoms with Crippen molar-refractivity contribution in [3.63, 3.8) is 0 Å². The second-order valence-corrected chi connectivity index (χ2v) is 10.6. The first-order chi connectivity index (χ1) is 20.1. The second kappa shape index (κ2) is 10.5. The van der Waals surface area contributed by atoms with Gasteiger partial charge in [0, 0.05) is 23.7 Å². The van der Waals surface area contributed by atoms with Crippen molar-refractivity contribution in [1.29, 1.82) is 5.26 Å². The summed E-state index contributed by atoms with van der Waals surface area (Å²) in [6.07, 6.45) is -4.89. The Labute approximate surface area is 240 Å². The lowest BCUT2D eigenvalue weighted by Crippen LogP contribution is -2.43. The molecule has 1 aliphatic heterocycles. The molecule has 0 fully saturated rings. The predicted octanol–water partition coefficient (Wildman–Crippen LogP) is 6.11. The fraction of sp³-hybridized carbons (Fsp3) is 0.276. The van der Waals surface area contributed by atoms with Crippen LogP contribution in [0.1, 0.15) is 42.8 Å². The summed E-state index contributed by atoms with van der Waals surface area (Å²) in [5.41, 5.74) is 3.47. The highest BCUT2D eigenvalue weighted by Crippen LogP contribution is 2.45. The molecule has 0 radical (unpaired) electrons. The molecular weight excluding hydrogens is 578 g/mol. The zero-order chi connectivity index (χ0) is 31.3. The Kier molecular flexibility index (Phi) is 7.25. The summed E-state index contributed by atoms with van der Waals surface area (Å²) in [4.78, 5) is 18.2. The lowest BCUT2D eigenvalue weighted by Gasteiger charge is -2.25. The maximum absolute atomic E-state index is 15.3. The monoisotopic (exact) mass is 600 g/mol. The number of carbonyl (C=O) groups is 1. The molecule has 14 heteroatoms. The molecule has 2 N–H and O–H groups in total. The number of amides is 1. The summed E-state index contributed by atoms with van der Waals surface area (Å²) in [6.45, 7) is 2.75. The third kappa shape index (κ3) is 5.68. The van der Waals surface area contributed by atoms with Gasteiger partial charge in [0.1, 0.15) is 11.2 Å². The summed E-state index contributed by atoms with van der Waals surface area (Å²) < 4.78 is 89.9. The molecule has 0 aliphatic carbocycles. The number of hydrogen-bond donors (Lipinski definition) is 1. The van der Waals surface area contributed by atoms with Crippen LogP contribution in [0.5, 0.6) is 0 Å². The molecule has 2 aromatic carbocycles. The van der Waals surface area contributed by atoms with E-state index in [2.05, 4.69) is 15.2 Å². The van der Waals surface area contributed by atoms with Gasteiger partial charge in [-0.1, -0.05) is 24.3 Å². The Balaban J connectivity index is 1.52. The van der Waals surface area contributed by atoms with E-state index in [9.17, 15) is 23.2 Å². The number of nitrogens with two attached hydrogens (primary N) is 1. The topological polar surface area (TPSA) is 122 Å². The van der Waals surface area contributed by atoms with Gasteiger partial charge in [-0.25, -0.2) is 13.2 Å². The fourth-order valence-corrected chi connectivity index (χ4v) is 4.53. The SMILES string of the molecule is CC(C)(C#N)c1nnc(-c2cc3c(cc2F)C(F)(F)C[C@@H](N)C(=O)N3Cc2ccc(-c3ccc(C(F)(F)F)cn3)cc2)o1. The smallest absolute Gasteiger partial charge is 0.417 e. The average molecular weight is 601 g/mol. The number of alkyl halides is 5. The summed E-state index contributed by atoms with van der Waals surface area (Å²) in [5, 5.41) is 16.9. The lowest BCUT2D eigenvalue weighted by atomic mass is 9.96. The number of aromatic nitrogens is 3. The zero-order valence-electron chi connectivity index (χ0n) is 22.6. The number of halogens is 6. The van der Waals surface area contributed by atoms with E-state index in [0.29, 0.717) is 23.4 Å². The molecular formula is C29H22F6N6O2. The summed E-state index contributed by atoms with van der Waals surface area (Å²) in [7, 11) is 0. The van der Waals surface area contributed by atoms with Crippen LogP contribution in [0, 0.1) is 17.1 Å². The Morgan fingerprint density at radius 3 is 2.42 bits per heavy atom. The minimum absolute atomic E-state index is 0.123. The van der Waals surface area contributed by atoms with Gasteiger partial charge in [0.15, 0.2) is 0 Å². The minimum Gasteiger partial charge on any atom is -0.419 e. The maximum atomic E-state index is 15.3. The van der Waals surface area contributed by atoms with Crippen LogP contribution >= 0.6 is 0 Å². The summed E-state index contributed by atoms with van der Waals surface area (Å²) in [5.74, 6) is -6.13. The van der Waals surface area contributed by atoms with E-state index >= 15 is 13.2 Å². The Bertz CT molecular complexity index is 1730. The van der Waals surface area contributed by atoms with E-state index in [1.54, 1.807) is 24.3 Å². The van der Waals surface area contributed by atoms with Gasteiger partial charge in [0.25, 0.3) is 11.8 Å². The van der Waals surface area contributed by atoms with Crippen LogP contribution < -0.4 is 10.6 Å². The number of nitriles is 1. The minimum atomic E-state index is -4.54. The van der Waals surface area contributed by atoms with Crippen LogP contribution in [0.4, 0.5) is 32.0 Å². The van der Waals surface area contributed by atoms with Crippen molar-refractivity contribution in [3.8, 4) is 28.8 Å². The number of nitrogens with zero attached hydrogens (tertiary/aromatic N) is 5. The van der Waals surface area contributed by atoms with Gasteiger partial charge in [0.05, 0.1) is 41.2 Å². The molecule has 0 bridgehead atoms. The molecule has 5 rings (SSSR count). The Hall–Kier alpha value is -4.77. The molecule has 0 unspecified atom stereocenters. The normalized spacial score (nSPS) is 16.9. The Morgan fingerprint density at radius 1 is 1.12 bits per heavy atom. The third-order valence-electron chi connectivity index (χ3n) is 6.98. The molecule has 1 aliphatic rings. The quantitative estimate of drug-likeness (QED) is 0.274. The first kappa shape index (κ1) is 29.7. The molecule has 222 valence electrons. The van der Waals surface area contributed by atoms with E-state index in [-0.39, 0.29) is 35.3 Å². The van der Waals surface area contributed by atoms with E-state index < -0.39 is 52.8 Å². The van der Waals surface area contributed by atoms with Crippen LogP contribution in [0.3, 0.4) is 0 Å². The van der Waals surface area contributed by atoms with Crippen LogP contribution in [-0.2, 0) is 28.9 Å². The van der Waals surface area contributed by atoms with Crippen molar-refractivity contribution in [3.05, 3.63) is 83.1 Å². The van der Waals surface area contributed by atoms with E-state index in [1.807, 2.05) is 6.07 Å². The number of hydrogen-bond acceptors (Lipinski definition) is 7. The highest BCUT2D eigenvalue weighted by atomic mass is 19.4.